The lowest BCUT2D eigenvalue weighted by Crippen LogP contribution is -2.13. The highest BCUT2D eigenvalue weighted by Crippen LogP contribution is 2.37. The van der Waals surface area contributed by atoms with Crippen LogP contribution in [0.15, 0.2) is 48.5 Å². The van der Waals surface area contributed by atoms with Crippen LogP contribution in [-0.2, 0) is 3.79 Å². The lowest BCUT2D eigenvalue weighted by Gasteiger charge is -2.14. The third kappa shape index (κ3) is 5.25. The molecule has 0 saturated heterocycles. The molecular formula is C16H10Cl5N5. The first-order valence-electron chi connectivity index (χ1n) is 7.18. The molecule has 0 spiro atoms. The van der Waals surface area contributed by atoms with Crippen LogP contribution in [0.3, 0.4) is 0 Å². The Hall–Kier alpha value is -1.50. The lowest BCUT2D eigenvalue weighted by molar-refractivity contribution is 0.931. The van der Waals surface area contributed by atoms with Gasteiger partial charge in [-0.25, -0.2) is 0 Å². The van der Waals surface area contributed by atoms with Gasteiger partial charge in [-0.2, -0.15) is 15.0 Å². The number of aromatic nitrogens is 3. The lowest BCUT2D eigenvalue weighted by atomic mass is 10.3. The number of alkyl halides is 3. The summed E-state index contributed by atoms with van der Waals surface area (Å²) in [4.78, 5) is 12.6. The Morgan fingerprint density at radius 1 is 0.615 bits per heavy atom. The summed E-state index contributed by atoms with van der Waals surface area (Å²) in [5.41, 5.74) is 1.43. The molecule has 0 aliphatic carbocycles. The van der Waals surface area contributed by atoms with Gasteiger partial charge in [-0.15, -0.1) is 0 Å². The topological polar surface area (TPSA) is 62.7 Å². The number of hydrogen-bond donors (Lipinski definition) is 2. The van der Waals surface area contributed by atoms with Crippen molar-refractivity contribution in [1.82, 2.24) is 15.0 Å². The van der Waals surface area contributed by atoms with Crippen LogP contribution in [0.1, 0.15) is 5.82 Å². The van der Waals surface area contributed by atoms with E-state index in [0.29, 0.717) is 21.4 Å². The van der Waals surface area contributed by atoms with Gasteiger partial charge in [0.1, 0.15) is 0 Å². The summed E-state index contributed by atoms with van der Waals surface area (Å²) in [6, 6.07) is 14.0. The number of halogens is 5. The van der Waals surface area contributed by atoms with Crippen molar-refractivity contribution in [2.45, 2.75) is 3.79 Å². The van der Waals surface area contributed by atoms with E-state index < -0.39 is 3.79 Å². The average molecular weight is 450 g/mol. The fraction of sp³-hybridized carbons (Fsp3) is 0.0625. The monoisotopic (exact) mass is 447 g/mol. The minimum Gasteiger partial charge on any atom is -0.324 e. The largest absolute Gasteiger partial charge is 0.324 e. The SMILES string of the molecule is Clc1ccc(Nc2nc(Nc3ccc(Cl)cc3)nc(C(Cl)(Cl)Cl)n2)cc1. The Morgan fingerprint density at radius 3 is 1.35 bits per heavy atom. The Bertz CT molecular complexity index is 829. The summed E-state index contributed by atoms with van der Waals surface area (Å²) >= 11 is 29.6. The summed E-state index contributed by atoms with van der Waals surface area (Å²) in [5.74, 6) is 0.394. The summed E-state index contributed by atoms with van der Waals surface area (Å²) in [7, 11) is 0. The van der Waals surface area contributed by atoms with E-state index in [1.165, 1.54) is 0 Å². The molecule has 3 aromatic rings. The van der Waals surface area contributed by atoms with Crippen molar-refractivity contribution in [3.8, 4) is 0 Å². The van der Waals surface area contributed by atoms with E-state index in [1.54, 1.807) is 48.5 Å². The maximum Gasteiger partial charge on any atom is 0.250 e. The van der Waals surface area contributed by atoms with Gasteiger partial charge in [0.05, 0.1) is 0 Å². The van der Waals surface area contributed by atoms with Crippen molar-refractivity contribution < 1.29 is 0 Å². The molecule has 0 aliphatic rings. The molecule has 0 saturated carbocycles. The average Bonchev–Trinajstić information content (AvgIpc) is 2.58. The highest BCUT2D eigenvalue weighted by molar-refractivity contribution is 6.66. The minimum atomic E-state index is -1.81. The smallest absolute Gasteiger partial charge is 0.250 e. The van der Waals surface area contributed by atoms with Gasteiger partial charge in [0.2, 0.25) is 15.7 Å². The molecule has 0 aliphatic heterocycles. The number of hydrogen-bond acceptors (Lipinski definition) is 5. The molecule has 0 fully saturated rings. The second-order valence-corrected chi connectivity index (χ2v) is 8.22. The zero-order chi connectivity index (χ0) is 18.7. The Labute approximate surface area is 174 Å². The molecule has 2 aromatic carbocycles. The second-order valence-electron chi connectivity index (χ2n) is 5.07. The van der Waals surface area contributed by atoms with Crippen LogP contribution in [0.25, 0.3) is 0 Å². The first-order chi connectivity index (χ1) is 12.3. The normalized spacial score (nSPS) is 11.3. The Balaban J connectivity index is 1.93. The van der Waals surface area contributed by atoms with Crippen molar-refractivity contribution in [2.24, 2.45) is 0 Å². The summed E-state index contributed by atoms with van der Waals surface area (Å²) < 4.78 is -1.81. The Kier molecular flexibility index (Phi) is 5.95. The molecular weight excluding hydrogens is 439 g/mol. The third-order valence-electron chi connectivity index (χ3n) is 3.09. The number of nitrogens with one attached hydrogen (secondary N) is 2. The van der Waals surface area contributed by atoms with Crippen LogP contribution >= 0.6 is 58.0 Å². The maximum absolute atomic E-state index is 5.94. The zero-order valence-corrected chi connectivity index (χ0v) is 16.6. The van der Waals surface area contributed by atoms with Crippen LogP contribution in [0.2, 0.25) is 10.0 Å². The zero-order valence-electron chi connectivity index (χ0n) is 12.9. The molecule has 134 valence electrons. The van der Waals surface area contributed by atoms with Crippen LogP contribution in [0.4, 0.5) is 23.3 Å². The molecule has 0 amide bonds. The van der Waals surface area contributed by atoms with Gasteiger partial charge >= 0.3 is 0 Å². The molecule has 5 nitrogen and oxygen atoms in total. The van der Waals surface area contributed by atoms with Crippen molar-refractivity contribution in [3.05, 3.63) is 64.4 Å². The third-order valence-corrected chi connectivity index (χ3v) is 4.10. The molecule has 0 atom stereocenters. The Morgan fingerprint density at radius 2 is 1.00 bits per heavy atom. The molecule has 1 heterocycles. The van der Waals surface area contributed by atoms with Crippen LogP contribution < -0.4 is 10.6 Å². The van der Waals surface area contributed by atoms with Gasteiger partial charge in [-0.05, 0) is 48.5 Å². The molecule has 3 rings (SSSR count). The van der Waals surface area contributed by atoms with E-state index in [-0.39, 0.29) is 17.7 Å². The number of benzene rings is 2. The van der Waals surface area contributed by atoms with E-state index in [2.05, 4.69) is 25.6 Å². The summed E-state index contributed by atoms with van der Waals surface area (Å²) in [5, 5.41) is 7.26. The predicted molar refractivity (Wildman–Crippen MR) is 109 cm³/mol. The number of rotatable bonds is 4. The van der Waals surface area contributed by atoms with Gasteiger partial charge in [0.15, 0.2) is 5.82 Å². The van der Waals surface area contributed by atoms with Gasteiger partial charge in [-0.1, -0.05) is 58.0 Å². The molecule has 0 unspecified atom stereocenters. The quantitative estimate of drug-likeness (QED) is 0.446. The van der Waals surface area contributed by atoms with Gasteiger partial charge < -0.3 is 10.6 Å². The van der Waals surface area contributed by atoms with Gasteiger partial charge in [0, 0.05) is 21.4 Å². The summed E-state index contributed by atoms with van der Waals surface area (Å²) in [6.07, 6.45) is 0. The number of nitrogens with zero attached hydrogens (tertiary/aromatic N) is 3. The number of anilines is 4. The minimum absolute atomic E-state index is 0.0228. The van der Waals surface area contributed by atoms with Crippen molar-refractivity contribution in [2.75, 3.05) is 10.6 Å². The van der Waals surface area contributed by atoms with E-state index in [9.17, 15) is 0 Å². The predicted octanol–water partition coefficient (Wildman–Crippen LogP) is 6.49. The van der Waals surface area contributed by atoms with Crippen molar-refractivity contribution in [3.63, 3.8) is 0 Å². The molecule has 0 radical (unpaired) electrons. The van der Waals surface area contributed by atoms with Crippen LogP contribution in [0, 0.1) is 0 Å². The first-order valence-corrected chi connectivity index (χ1v) is 9.07. The highest BCUT2D eigenvalue weighted by Gasteiger charge is 2.28. The van der Waals surface area contributed by atoms with Crippen molar-refractivity contribution >= 4 is 81.3 Å². The van der Waals surface area contributed by atoms with Crippen molar-refractivity contribution in [1.29, 1.82) is 0 Å². The fourth-order valence-electron chi connectivity index (χ4n) is 1.94. The van der Waals surface area contributed by atoms with E-state index in [0.717, 1.165) is 0 Å². The molecule has 10 heteroatoms. The molecule has 0 bridgehead atoms. The molecule has 2 N–H and O–H groups in total. The maximum atomic E-state index is 5.94. The van der Waals surface area contributed by atoms with Gasteiger partial charge in [-0.3, -0.25) is 0 Å². The van der Waals surface area contributed by atoms with Gasteiger partial charge in [0.25, 0.3) is 0 Å². The van der Waals surface area contributed by atoms with E-state index >= 15 is 0 Å². The van der Waals surface area contributed by atoms with Crippen LogP contribution in [-0.4, -0.2) is 15.0 Å². The van der Waals surface area contributed by atoms with E-state index in [4.69, 9.17) is 58.0 Å². The second kappa shape index (κ2) is 8.03. The highest BCUT2D eigenvalue weighted by atomic mass is 35.6. The summed E-state index contributed by atoms with van der Waals surface area (Å²) in [6.45, 7) is 0. The fourth-order valence-corrected chi connectivity index (χ4v) is 2.44. The first kappa shape index (κ1) is 19.3. The molecule has 1 aromatic heterocycles. The standard InChI is InChI=1S/C16H10Cl5N5/c17-9-1-5-11(6-2-9)22-14-24-13(16(19,20)21)25-15(26-14)23-12-7-3-10(18)4-8-12/h1-8H,(H2,22,23,24,25,26). The molecule has 26 heavy (non-hydrogen) atoms. The van der Waals surface area contributed by atoms with Crippen LogP contribution in [0.5, 0.6) is 0 Å². The van der Waals surface area contributed by atoms with E-state index in [1.807, 2.05) is 0 Å².